The molecule has 0 fully saturated rings. The Morgan fingerprint density at radius 3 is 1.43 bits per heavy atom. The maximum Gasteiger partial charge on any atom is 0.316 e. The molecule has 0 rings (SSSR count). The molecule has 0 saturated carbocycles. The molecular formula is C25H48O3. The first-order valence-corrected chi connectivity index (χ1v) is 12.3. The molecule has 0 aliphatic carbocycles. The number of carbonyl (C=O) groups is 2. The van der Waals surface area contributed by atoms with E-state index in [4.69, 9.17) is 4.74 Å². The molecule has 0 heterocycles. The van der Waals surface area contributed by atoms with Crippen molar-refractivity contribution >= 4 is 11.8 Å². The summed E-state index contributed by atoms with van der Waals surface area (Å²) in [7, 11) is 1.40. The van der Waals surface area contributed by atoms with Crippen LogP contribution >= 0.6 is 0 Å². The molecule has 0 aliphatic rings. The fourth-order valence-electron chi connectivity index (χ4n) is 3.82. The number of Topliss-reactive ketones (excluding diaryl/α,β-unsaturated/α-hetero) is 1. The normalized spacial score (nSPS) is 12.1. The predicted octanol–water partition coefficient (Wildman–Crippen LogP) is 7.80. The fourth-order valence-corrected chi connectivity index (χ4v) is 3.82. The van der Waals surface area contributed by atoms with Gasteiger partial charge in [-0.2, -0.15) is 0 Å². The second kappa shape index (κ2) is 20.9. The van der Waals surface area contributed by atoms with Gasteiger partial charge in [-0.25, -0.2) is 0 Å². The highest BCUT2D eigenvalue weighted by atomic mass is 16.5. The topological polar surface area (TPSA) is 43.4 Å². The van der Waals surface area contributed by atoms with E-state index in [2.05, 4.69) is 13.8 Å². The van der Waals surface area contributed by atoms with Crippen LogP contribution < -0.4 is 0 Å². The second-order valence-electron chi connectivity index (χ2n) is 8.38. The van der Waals surface area contributed by atoms with E-state index in [1.54, 1.807) is 0 Å². The molecule has 28 heavy (non-hydrogen) atoms. The minimum atomic E-state index is -0.529. The number of esters is 1. The van der Waals surface area contributed by atoms with Gasteiger partial charge in [0.15, 0.2) is 0 Å². The number of hydrogen-bond acceptors (Lipinski definition) is 3. The van der Waals surface area contributed by atoms with Crippen LogP contribution in [0.2, 0.25) is 0 Å². The van der Waals surface area contributed by atoms with Crippen molar-refractivity contribution in [3.05, 3.63) is 0 Å². The lowest BCUT2D eigenvalue weighted by atomic mass is 9.93. The summed E-state index contributed by atoms with van der Waals surface area (Å²) in [5, 5.41) is 0. The van der Waals surface area contributed by atoms with Crippen LogP contribution in [0.3, 0.4) is 0 Å². The Balaban J connectivity index is 3.84. The molecule has 0 amide bonds. The smallest absolute Gasteiger partial charge is 0.316 e. The van der Waals surface area contributed by atoms with Crippen LogP contribution in [0.4, 0.5) is 0 Å². The molecule has 0 aliphatic heterocycles. The van der Waals surface area contributed by atoms with Gasteiger partial charge in [0.05, 0.1) is 7.11 Å². The average molecular weight is 397 g/mol. The van der Waals surface area contributed by atoms with Crippen molar-refractivity contribution in [2.75, 3.05) is 7.11 Å². The number of ether oxygens (including phenoxy) is 1. The molecule has 3 nitrogen and oxygen atoms in total. The Morgan fingerprint density at radius 1 is 0.607 bits per heavy atom. The minimum absolute atomic E-state index is 0.0951. The molecule has 0 bridgehead atoms. The zero-order valence-electron chi connectivity index (χ0n) is 19.2. The summed E-state index contributed by atoms with van der Waals surface area (Å²) >= 11 is 0. The highest BCUT2D eigenvalue weighted by Crippen LogP contribution is 2.18. The third kappa shape index (κ3) is 16.1. The minimum Gasteiger partial charge on any atom is -0.468 e. The van der Waals surface area contributed by atoms with E-state index in [0.29, 0.717) is 12.8 Å². The standard InChI is InChI=1S/C25H48O3/c1-4-6-8-10-12-14-16-18-20-22-24(26)23(25(27)28-3)21-19-17-15-13-11-9-7-5-2/h23H,4-22H2,1-3H3/t23-/m1/s1. The van der Waals surface area contributed by atoms with Crippen molar-refractivity contribution in [2.24, 2.45) is 5.92 Å². The summed E-state index contributed by atoms with van der Waals surface area (Å²) in [5.41, 5.74) is 0. The summed E-state index contributed by atoms with van der Waals surface area (Å²) in [6.45, 7) is 4.48. The van der Waals surface area contributed by atoms with E-state index < -0.39 is 5.92 Å². The van der Waals surface area contributed by atoms with Crippen LogP contribution in [0.25, 0.3) is 0 Å². The van der Waals surface area contributed by atoms with Crippen molar-refractivity contribution in [1.29, 1.82) is 0 Å². The van der Waals surface area contributed by atoms with Crippen LogP contribution in [-0.2, 0) is 14.3 Å². The monoisotopic (exact) mass is 396 g/mol. The Morgan fingerprint density at radius 2 is 1.00 bits per heavy atom. The number of carbonyl (C=O) groups excluding carboxylic acids is 2. The number of unbranched alkanes of at least 4 members (excludes halogenated alkanes) is 15. The van der Waals surface area contributed by atoms with Gasteiger partial charge in [0.1, 0.15) is 11.7 Å². The first kappa shape index (κ1) is 27.1. The molecule has 0 aromatic rings. The lowest BCUT2D eigenvalue weighted by molar-refractivity contribution is -0.149. The zero-order valence-corrected chi connectivity index (χ0v) is 19.2. The van der Waals surface area contributed by atoms with Crippen LogP contribution in [0.5, 0.6) is 0 Å². The number of hydrogen-bond donors (Lipinski definition) is 0. The maximum absolute atomic E-state index is 12.5. The molecule has 0 aromatic carbocycles. The zero-order chi connectivity index (χ0) is 20.9. The molecule has 0 saturated heterocycles. The van der Waals surface area contributed by atoms with Crippen molar-refractivity contribution in [2.45, 2.75) is 136 Å². The Hall–Kier alpha value is -0.860. The van der Waals surface area contributed by atoms with Gasteiger partial charge in [-0.15, -0.1) is 0 Å². The van der Waals surface area contributed by atoms with Gasteiger partial charge in [0.2, 0.25) is 0 Å². The van der Waals surface area contributed by atoms with E-state index in [9.17, 15) is 9.59 Å². The van der Waals surface area contributed by atoms with Gasteiger partial charge >= 0.3 is 5.97 Å². The Labute approximate surface area is 175 Å². The molecule has 1 atom stereocenters. The van der Waals surface area contributed by atoms with E-state index in [0.717, 1.165) is 25.7 Å². The molecule has 0 N–H and O–H groups in total. The van der Waals surface area contributed by atoms with E-state index >= 15 is 0 Å². The number of ketones is 1. The van der Waals surface area contributed by atoms with Gasteiger partial charge in [-0.3, -0.25) is 9.59 Å². The first-order valence-electron chi connectivity index (χ1n) is 12.3. The molecule has 0 unspecified atom stereocenters. The first-order chi connectivity index (χ1) is 13.7. The molecule has 0 radical (unpaired) electrons. The van der Waals surface area contributed by atoms with Crippen molar-refractivity contribution in [3.63, 3.8) is 0 Å². The second-order valence-corrected chi connectivity index (χ2v) is 8.38. The van der Waals surface area contributed by atoms with Gasteiger partial charge in [-0.05, 0) is 12.8 Å². The Kier molecular flexibility index (Phi) is 20.2. The van der Waals surface area contributed by atoms with Crippen LogP contribution in [0.15, 0.2) is 0 Å². The molecule has 0 spiro atoms. The van der Waals surface area contributed by atoms with Crippen LogP contribution in [0.1, 0.15) is 136 Å². The van der Waals surface area contributed by atoms with Crippen molar-refractivity contribution < 1.29 is 14.3 Å². The van der Waals surface area contributed by atoms with E-state index in [1.165, 1.54) is 90.6 Å². The largest absolute Gasteiger partial charge is 0.468 e. The molecule has 166 valence electrons. The lowest BCUT2D eigenvalue weighted by Crippen LogP contribution is -2.25. The summed E-state index contributed by atoms with van der Waals surface area (Å²) in [6, 6.07) is 0. The SMILES string of the molecule is CCCCCCCCCCCC(=O)[C@@H](CCCCCCCCCC)C(=O)OC. The number of methoxy groups -OCH3 is 1. The highest BCUT2D eigenvalue weighted by molar-refractivity contribution is 5.98. The fraction of sp³-hybridized carbons (Fsp3) is 0.920. The maximum atomic E-state index is 12.5. The lowest BCUT2D eigenvalue weighted by Gasteiger charge is -2.13. The van der Waals surface area contributed by atoms with Gasteiger partial charge in [0, 0.05) is 6.42 Å². The van der Waals surface area contributed by atoms with Crippen LogP contribution in [0, 0.1) is 5.92 Å². The van der Waals surface area contributed by atoms with Gasteiger partial charge < -0.3 is 4.74 Å². The predicted molar refractivity (Wildman–Crippen MR) is 120 cm³/mol. The summed E-state index contributed by atoms with van der Waals surface area (Å²) in [6.07, 6.45) is 22.2. The van der Waals surface area contributed by atoms with Gasteiger partial charge in [-0.1, -0.05) is 117 Å². The van der Waals surface area contributed by atoms with Crippen LogP contribution in [-0.4, -0.2) is 18.9 Å². The summed E-state index contributed by atoms with van der Waals surface area (Å²) in [4.78, 5) is 24.5. The van der Waals surface area contributed by atoms with Gasteiger partial charge in [0.25, 0.3) is 0 Å². The quantitative estimate of drug-likeness (QED) is 0.113. The van der Waals surface area contributed by atoms with E-state index in [-0.39, 0.29) is 11.8 Å². The van der Waals surface area contributed by atoms with Crippen molar-refractivity contribution in [3.8, 4) is 0 Å². The number of rotatable bonds is 21. The molecule has 0 aromatic heterocycles. The molecular weight excluding hydrogens is 348 g/mol. The summed E-state index contributed by atoms with van der Waals surface area (Å²) < 4.78 is 4.89. The van der Waals surface area contributed by atoms with E-state index in [1.807, 2.05) is 0 Å². The van der Waals surface area contributed by atoms with Crippen molar-refractivity contribution in [1.82, 2.24) is 0 Å². The average Bonchev–Trinajstić information content (AvgIpc) is 2.70. The highest BCUT2D eigenvalue weighted by Gasteiger charge is 2.26. The third-order valence-corrected chi connectivity index (χ3v) is 5.75. The third-order valence-electron chi connectivity index (χ3n) is 5.75. The summed E-state index contributed by atoms with van der Waals surface area (Å²) in [5.74, 6) is -0.763. The Bertz CT molecular complexity index is 365. The molecule has 3 heteroatoms.